The first kappa shape index (κ1) is 17.4. The molecule has 2 aliphatic rings. The second-order valence-electron chi connectivity index (χ2n) is 5.23. The van der Waals surface area contributed by atoms with E-state index < -0.39 is 34.9 Å². The molecule has 0 unspecified atom stereocenters. The third-order valence-electron chi connectivity index (χ3n) is 3.59. The first-order valence-corrected chi connectivity index (χ1v) is 7.46. The SMILES string of the molecule is O=C(NCc1ccc2c(c1)OCO2)C1=C(Cl)N(O)CC=C1C(F)(F)F. The van der Waals surface area contributed by atoms with Crippen LogP contribution in [0.25, 0.3) is 0 Å². The van der Waals surface area contributed by atoms with Gasteiger partial charge in [0.1, 0.15) is 5.16 Å². The summed E-state index contributed by atoms with van der Waals surface area (Å²) in [4.78, 5) is 12.2. The summed E-state index contributed by atoms with van der Waals surface area (Å²) in [5.74, 6) is -0.0182. The highest BCUT2D eigenvalue weighted by atomic mass is 35.5. The Labute approximate surface area is 145 Å². The number of carbonyl (C=O) groups is 1. The largest absolute Gasteiger partial charge is 0.454 e. The topological polar surface area (TPSA) is 71.0 Å². The summed E-state index contributed by atoms with van der Waals surface area (Å²) in [5.41, 5.74) is -1.42. The number of ether oxygens (including phenoxy) is 2. The predicted octanol–water partition coefficient (Wildman–Crippen LogP) is 2.68. The lowest BCUT2D eigenvalue weighted by atomic mass is 10.0. The van der Waals surface area contributed by atoms with Crippen molar-refractivity contribution >= 4 is 17.5 Å². The van der Waals surface area contributed by atoms with Gasteiger partial charge in [-0.1, -0.05) is 17.7 Å². The smallest absolute Gasteiger partial charge is 0.417 e. The molecule has 3 rings (SSSR count). The number of rotatable bonds is 3. The molecule has 1 aromatic rings. The highest BCUT2D eigenvalue weighted by Gasteiger charge is 2.42. The maximum absolute atomic E-state index is 13.1. The Hall–Kier alpha value is -2.39. The lowest BCUT2D eigenvalue weighted by Crippen LogP contribution is -2.35. The van der Waals surface area contributed by atoms with Crippen LogP contribution in [0.4, 0.5) is 13.2 Å². The molecule has 0 aromatic heterocycles. The van der Waals surface area contributed by atoms with Gasteiger partial charge in [-0.3, -0.25) is 10.0 Å². The van der Waals surface area contributed by atoms with Gasteiger partial charge in [0.15, 0.2) is 11.5 Å². The van der Waals surface area contributed by atoms with E-state index in [1.165, 1.54) is 0 Å². The van der Waals surface area contributed by atoms with E-state index in [0.717, 1.165) is 0 Å². The van der Waals surface area contributed by atoms with Gasteiger partial charge in [-0.05, 0) is 23.8 Å². The molecule has 0 spiro atoms. The van der Waals surface area contributed by atoms with Gasteiger partial charge >= 0.3 is 6.18 Å². The number of hydrogen-bond donors (Lipinski definition) is 2. The molecular formula is C15H12ClF3N2O4. The van der Waals surface area contributed by atoms with Crippen LogP contribution in [0.1, 0.15) is 5.56 Å². The zero-order chi connectivity index (χ0) is 18.2. The molecule has 134 valence electrons. The standard InChI is InChI=1S/C15H12ClF3N2O4/c16-13-12(9(15(17,18)19)3-4-21(13)23)14(22)20-6-8-1-2-10-11(5-8)25-7-24-10/h1-3,5,23H,4,6-7H2,(H,20,22). The molecule has 2 aliphatic heterocycles. The van der Waals surface area contributed by atoms with Gasteiger partial charge in [-0.2, -0.15) is 13.2 Å². The minimum absolute atomic E-state index is 0.0558. The Bertz CT molecular complexity index is 777. The van der Waals surface area contributed by atoms with Gasteiger partial charge in [0, 0.05) is 6.54 Å². The number of alkyl halides is 3. The van der Waals surface area contributed by atoms with Gasteiger partial charge < -0.3 is 14.8 Å². The van der Waals surface area contributed by atoms with Crippen molar-refractivity contribution < 1.29 is 32.6 Å². The van der Waals surface area contributed by atoms with E-state index in [1.807, 2.05) is 0 Å². The summed E-state index contributed by atoms with van der Waals surface area (Å²) in [6.45, 7) is -0.438. The van der Waals surface area contributed by atoms with Crippen molar-refractivity contribution in [2.45, 2.75) is 12.7 Å². The zero-order valence-electron chi connectivity index (χ0n) is 12.6. The molecule has 0 aliphatic carbocycles. The van der Waals surface area contributed by atoms with Crippen LogP contribution in [0.2, 0.25) is 0 Å². The van der Waals surface area contributed by atoms with Crippen molar-refractivity contribution in [3.8, 4) is 11.5 Å². The van der Waals surface area contributed by atoms with Crippen molar-refractivity contribution in [3.05, 3.63) is 46.1 Å². The molecule has 0 saturated heterocycles. The third-order valence-corrected chi connectivity index (χ3v) is 3.98. The van der Waals surface area contributed by atoms with Crippen LogP contribution in [-0.2, 0) is 11.3 Å². The molecule has 0 saturated carbocycles. The minimum atomic E-state index is -4.77. The van der Waals surface area contributed by atoms with Crippen LogP contribution < -0.4 is 14.8 Å². The predicted molar refractivity (Wildman–Crippen MR) is 79.9 cm³/mol. The van der Waals surface area contributed by atoms with E-state index in [1.54, 1.807) is 18.2 Å². The maximum Gasteiger partial charge on any atom is 0.417 e. The first-order chi connectivity index (χ1) is 11.8. The van der Waals surface area contributed by atoms with Crippen LogP contribution in [0.3, 0.4) is 0 Å². The number of nitrogens with one attached hydrogen (secondary N) is 1. The van der Waals surface area contributed by atoms with Crippen molar-refractivity contribution in [1.29, 1.82) is 0 Å². The number of amides is 1. The Morgan fingerprint density at radius 2 is 2.04 bits per heavy atom. The summed E-state index contributed by atoms with van der Waals surface area (Å²) in [5, 5.41) is 11.5. The van der Waals surface area contributed by atoms with Gasteiger partial charge in [0.2, 0.25) is 6.79 Å². The lowest BCUT2D eigenvalue weighted by Gasteiger charge is -2.25. The molecule has 1 aromatic carbocycles. The van der Waals surface area contributed by atoms with E-state index in [2.05, 4.69) is 5.32 Å². The van der Waals surface area contributed by atoms with Crippen molar-refractivity contribution in [1.82, 2.24) is 10.4 Å². The maximum atomic E-state index is 13.1. The average molecular weight is 377 g/mol. The van der Waals surface area contributed by atoms with Crippen molar-refractivity contribution in [2.75, 3.05) is 13.3 Å². The Balaban J connectivity index is 1.77. The summed E-state index contributed by atoms with van der Waals surface area (Å²) < 4.78 is 49.6. The Morgan fingerprint density at radius 3 is 2.76 bits per heavy atom. The molecule has 0 fully saturated rings. The molecule has 2 N–H and O–H groups in total. The molecule has 6 nitrogen and oxygen atoms in total. The van der Waals surface area contributed by atoms with Crippen LogP contribution in [0.15, 0.2) is 40.6 Å². The Kier molecular flexibility index (Phi) is 4.53. The third kappa shape index (κ3) is 3.52. The van der Waals surface area contributed by atoms with E-state index in [0.29, 0.717) is 28.2 Å². The lowest BCUT2D eigenvalue weighted by molar-refractivity contribution is -0.121. The second-order valence-corrected chi connectivity index (χ2v) is 5.59. The van der Waals surface area contributed by atoms with Gasteiger partial charge in [-0.15, -0.1) is 0 Å². The number of carbonyl (C=O) groups excluding carboxylic acids is 1. The van der Waals surface area contributed by atoms with Crippen LogP contribution in [-0.4, -0.2) is 35.7 Å². The highest BCUT2D eigenvalue weighted by molar-refractivity contribution is 6.32. The van der Waals surface area contributed by atoms with Crippen LogP contribution >= 0.6 is 11.6 Å². The fourth-order valence-corrected chi connectivity index (χ4v) is 2.65. The fourth-order valence-electron chi connectivity index (χ4n) is 2.40. The summed E-state index contributed by atoms with van der Waals surface area (Å²) >= 11 is 5.70. The molecule has 0 bridgehead atoms. The molecule has 2 heterocycles. The monoisotopic (exact) mass is 376 g/mol. The van der Waals surface area contributed by atoms with Crippen LogP contribution in [0, 0.1) is 0 Å². The quantitative estimate of drug-likeness (QED) is 0.794. The molecule has 0 radical (unpaired) electrons. The second kappa shape index (κ2) is 6.49. The number of benzene rings is 1. The van der Waals surface area contributed by atoms with Crippen LogP contribution in [0.5, 0.6) is 11.5 Å². The highest BCUT2D eigenvalue weighted by Crippen LogP contribution is 2.37. The van der Waals surface area contributed by atoms with Crippen molar-refractivity contribution in [2.24, 2.45) is 0 Å². The van der Waals surface area contributed by atoms with E-state index in [4.69, 9.17) is 21.1 Å². The van der Waals surface area contributed by atoms with E-state index >= 15 is 0 Å². The Morgan fingerprint density at radius 1 is 1.32 bits per heavy atom. The summed E-state index contributed by atoms with van der Waals surface area (Å²) in [6, 6.07) is 4.88. The zero-order valence-corrected chi connectivity index (χ0v) is 13.3. The minimum Gasteiger partial charge on any atom is -0.454 e. The molecule has 1 amide bonds. The number of nitrogens with zero attached hydrogens (tertiary/aromatic N) is 1. The van der Waals surface area contributed by atoms with Gasteiger partial charge in [0.25, 0.3) is 5.91 Å². The summed E-state index contributed by atoms with van der Waals surface area (Å²) in [6.07, 6.45) is -4.08. The molecule has 10 heteroatoms. The molecule has 25 heavy (non-hydrogen) atoms. The number of hydroxylamine groups is 2. The number of hydrogen-bond acceptors (Lipinski definition) is 5. The average Bonchev–Trinajstić information content (AvgIpc) is 3.01. The van der Waals surface area contributed by atoms with Gasteiger partial charge in [-0.25, -0.2) is 5.06 Å². The fraction of sp³-hybridized carbons (Fsp3) is 0.267. The summed E-state index contributed by atoms with van der Waals surface area (Å²) in [7, 11) is 0. The number of halogens is 4. The number of fused-ring (bicyclic) bond motifs is 1. The van der Waals surface area contributed by atoms with E-state index in [-0.39, 0.29) is 13.3 Å². The van der Waals surface area contributed by atoms with E-state index in [9.17, 15) is 23.2 Å². The first-order valence-electron chi connectivity index (χ1n) is 7.08. The van der Waals surface area contributed by atoms with Gasteiger partial charge in [0.05, 0.1) is 17.7 Å². The molecule has 0 atom stereocenters. The normalized spacial score (nSPS) is 16.8. The van der Waals surface area contributed by atoms with Crippen molar-refractivity contribution in [3.63, 3.8) is 0 Å². The molecular weight excluding hydrogens is 365 g/mol.